The van der Waals surface area contributed by atoms with Gasteiger partial charge in [0.15, 0.2) is 11.5 Å². The van der Waals surface area contributed by atoms with Crippen molar-refractivity contribution in [3.05, 3.63) is 17.7 Å². The molecule has 0 radical (unpaired) electrons. The monoisotopic (exact) mass is 298 g/mol. The Balaban J connectivity index is 2.08. The van der Waals surface area contributed by atoms with Gasteiger partial charge in [0.2, 0.25) is 0 Å². The highest BCUT2D eigenvalue weighted by Gasteiger charge is 2.13. The lowest BCUT2D eigenvalue weighted by Crippen LogP contribution is -2.45. The highest BCUT2D eigenvalue weighted by atomic mass is 32.2. The van der Waals surface area contributed by atoms with Crippen molar-refractivity contribution >= 4 is 11.8 Å². The van der Waals surface area contributed by atoms with E-state index in [2.05, 4.69) is 16.7 Å². The summed E-state index contributed by atoms with van der Waals surface area (Å²) < 4.78 is 16.1. The van der Waals surface area contributed by atoms with Gasteiger partial charge in [-0.25, -0.2) is 5.01 Å². The normalized spacial score (nSPS) is 16.1. The van der Waals surface area contributed by atoms with Gasteiger partial charge in [0.25, 0.3) is 0 Å². The SMILES string of the molecule is COc1cc(CNN2CCOCC2)c(SC)cc1OC. The molecule has 1 aromatic rings. The van der Waals surface area contributed by atoms with Crippen molar-refractivity contribution in [2.24, 2.45) is 0 Å². The molecule has 1 aliphatic rings. The number of rotatable bonds is 6. The van der Waals surface area contributed by atoms with Crippen LogP contribution in [0.15, 0.2) is 17.0 Å². The third-order valence-corrected chi connectivity index (χ3v) is 4.11. The van der Waals surface area contributed by atoms with Gasteiger partial charge in [-0.3, -0.25) is 5.43 Å². The van der Waals surface area contributed by atoms with Gasteiger partial charge in [-0.1, -0.05) is 0 Å². The van der Waals surface area contributed by atoms with E-state index in [4.69, 9.17) is 14.2 Å². The summed E-state index contributed by atoms with van der Waals surface area (Å²) in [7, 11) is 3.32. The van der Waals surface area contributed by atoms with Gasteiger partial charge in [-0.2, -0.15) is 0 Å². The maximum atomic E-state index is 5.37. The lowest BCUT2D eigenvalue weighted by Gasteiger charge is -2.27. The average Bonchev–Trinajstić information content (AvgIpc) is 2.52. The molecule has 0 aromatic heterocycles. The summed E-state index contributed by atoms with van der Waals surface area (Å²) in [5.41, 5.74) is 4.65. The maximum Gasteiger partial charge on any atom is 0.161 e. The van der Waals surface area contributed by atoms with Crippen LogP contribution in [0.1, 0.15) is 5.56 Å². The van der Waals surface area contributed by atoms with Gasteiger partial charge >= 0.3 is 0 Å². The summed E-state index contributed by atoms with van der Waals surface area (Å²) in [6, 6.07) is 4.07. The molecule has 1 N–H and O–H groups in total. The molecule has 0 amide bonds. The van der Waals surface area contributed by atoms with Crippen LogP contribution in [0.5, 0.6) is 11.5 Å². The van der Waals surface area contributed by atoms with E-state index in [9.17, 15) is 0 Å². The lowest BCUT2D eigenvalue weighted by atomic mass is 10.2. The first-order valence-electron chi connectivity index (χ1n) is 6.63. The quantitative estimate of drug-likeness (QED) is 0.807. The van der Waals surface area contributed by atoms with E-state index in [0.29, 0.717) is 0 Å². The van der Waals surface area contributed by atoms with Crippen LogP contribution in [0.3, 0.4) is 0 Å². The molecule has 6 heteroatoms. The van der Waals surface area contributed by atoms with E-state index in [-0.39, 0.29) is 0 Å². The Bertz CT molecular complexity index is 437. The molecule has 1 saturated heterocycles. The zero-order valence-electron chi connectivity index (χ0n) is 12.3. The summed E-state index contributed by atoms with van der Waals surface area (Å²) in [6.07, 6.45) is 2.07. The van der Waals surface area contributed by atoms with Crippen LogP contribution in [-0.4, -0.2) is 51.8 Å². The van der Waals surface area contributed by atoms with E-state index >= 15 is 0 Å². The molecule has 1 aromatic carbocycles. The van der Waals surface area contributed by atoms with E-state index in [1.54, 1.807) is 26.0 Å². The van der Waals surface area contributed by atoms with Crippen molar-refractivity contribution in [3.63, 3.8) is 0 Å². The molecule has 0 bridgehead atoms. The third-order valence-electron chi connectivity index (χ3n) is 3.29. The number of benzene rings is 1. The number of thioether (sulfide) groups is 1. The minimum absolute atomic E-state index is 0.768. The third kappa shape index (κ3) is 3.79. The van der Waals surface area contributed by atoms with Gasteiger partial charge in [-0.15, -0.1) is 11.8 Å². The van der Waals surface area contributed by atoms with Crippen molar-refractivity contribution in [2.45, 2.75) is 11.4 Å². The van der Waals surface area contributed by atoms with Gasteiger partial charge in [0.05, 0.1) is 27.4 Å². The minimum atomic E-state index is 0.768. The zero-order valence-corrected chi connectivity index (χ0v) is 13.1. The largest absolute Gasteiger partial charge is 0.493 e. The number of hydrogen-bond acceptors (Lipinski definition) is 6. The van der Waals surface area contributed by atoms with Crippen LogP contribution in [-0.2, 0) is 11.3 Å². The van der Waals surface area contributed by atoms with Crippen molar-refractivity contribution in [2.75, 3.05) is 46.8 Å². The van der Waals surface area contributed by atoms with E-state index < -0.39 is 0 Å². The van der Waals surface area contributed by atoms with Gasteiger partial charge in [-0.05, 0) is 24.0 Å². The summed E-state index contributed by atoms with van der Waals surface area (Å²) in [5.74, 6) is 1.54. The Morgan fingerprint density at radius 3 is 2.45 bits per heavy atom. The van der Waals surface area contributed by atoms with E-state index in [1.807, 2.05) is 12.1 Å². The Morgan fingerprint density at radius 1 is 1.20 bits per heavy atom. The number of nitrogens with zero attached hydrogens (tertiary/aromatic N) is 1. The first-order valence-corrected chi connectivity index (χ1v) is 7.86. The molecule has 112 valence electrons. The lowest BCUT2D eigenvalue weighted by molar-refractivity contribution is 0.0104. The molecular weight excluding hydrogens is 276 g/mol. The number of morpholine rings is 1. The second-order valence-corrected chi connectivity index (χ2v) is 5.30. The van der Waals surface area contributed by atoms with Gasteiger partial charge < -0.3 is 14.2 Å². The molecule has 0 saturated carbocycles. The molecule has 0 atom stereocenters. The van der Waals surface area contributed by atoms with E-state index in [1.165, 1.54) is 10.5 Å². The molecule has 1 heterocycles. The fourth-order valence-corrected chi connectivity index (χ4v) is 2.77. The van der Waals surface area contributed by atoms with Crippen LogP contribution in [0, 0.1) is 0 Å². The van der Waals surface area contributed by atoms with Crippen molar-refractivity contribution in [1.82, 2.24) is 10.4 Å². The number of nitrogens with one attached hydrogen (secondary N) is 1. The van der Waals surface area contributed by atoms with Crippen LogP contribution in [0.25, 0.3) is 0 Å². The van der Waals surface area contributed by atoms with Crippen molar-refractivity contribution in [1.29, 1.82) is 0 Å². The Morgan fingerprint density at radius 2 is 1.85 bits per heavy atom. The number of hydrogen-bond donors (Lipinski definition) is 1. The molecule has 1 fully saturated rings. The first-order chi connectivity index (χ1) is 9.78. The highest BCUT2D eigenvalue weighted by molar-refractivity contribution is 7.98. The standard InChI is InChI=1S/C14H22N2O3S/c1-17-12-8-11(14(20-3)9-13(12)18-2)10-15-16-4-6-19-7-5-16/h8-9,15H,4-7,10H2,1-3H3. The van der Waals surface area contributed by atoms with Crippen LogP contribution in [0.4, 0.5) is 0 Å². The van der Waals surface area contributed by atoms with Crippen LogP contribution < -0.4 is 14.9 Å². The predicted octanol–water partition coefficient (Wildman–Crippen LogP) is 1.76. The number of hydrazine groups is 1. The molecule has 0 unspecified atom stereocenters. The number of ether oxygens (including phenoxy) is 3. The molecule has 5 nitrogen and oxygen atoms in total. The fraction of sp³-hybridized carbons (Fsp3) is 0.571. The topological polar surface area (TPSA) is 43.0 Å². The van der Waals surface area contributed by atoms with Crippen LogP contribution in [0.2, 0.25) is 0 Å². The summed E-state index contributed by atoms with van der Waals surface area (Å²) in [5, 5.41) is 2.20. The Labute approximate surface area is 124 Å². The minimum Gasteiger partial charge on any atom is -0.493 e. The second kappa shape index (κ2) is 7.73. The van der Waals surface area contributed by atoms with Crippen LogP contribution >= 0.6 is 11.8 Å². The maximum absolute atomic E-state index is 5.37. The molecule has 20 heavy (non-hydrogen) atoms. The highest BCUT2D eigenvalue weighted by Crippen LogP contribution is 2.34. The molecular formula is C14H22N2O3S. The average molecular weight is 298 g/mol. The van der Waals surface area contributed by atoms with Crippen molar-refractivity contribution < 1.29 is 14.2 Å². The molecule has 0 spiro atoms. The van der Waals surface area contributed by atoms with E-state index in [0.717, 1.165) is 44.3 Å². The Kier molecular flexibility index (Phi) is 5.97. The summed E-state index contributed by atoms with van der Waals surface area (Å²) >= 11 is 1.71. The zero-order chi connectivity index (χ0) is 14.4. The smallest absolute Gasteiger partial charge is 0.161 e. The first kappa shape index (κ1) is 15.4. The molecule has 0 aliphatic carbocycles. The van der Waals surface area contributed by atoms with Gasteiger partial charge in [0, 0.05) is 24.5 Å². The Hall–Kier alpha value is -0.950. The van der Waals surface area contributed by atoms with Crippen molar-refractivity contribution in [3.8, 4) is 11.5 Å². The summed E-state index contributed by atoms with van der Waals surface area (Å²) in [6.45, 7) is 4.18. The molecule has 1 aliphatic heterocycles. The summed E-state index contributed by atoms with van der Waals surface area (Å²) in [4.78, 5) is 1.20. The second-order valence-electron chi connectivity index (χ2n) is 4.45. The molecule has 2 rings (SSSR count). The fourth-order valence-electron chi connectivity index (χ4n) is 2.15. The van der Waals surface area contributed by atoms with Gasteiger partial charge in [0.1, 0.15) is 0 Å². The predicted molar refractivity (Wildman–Crippen MR) is 80.6 cm³/mol. The number of methoxy groups -OCH3 is 2.